The minimum atomic E-state index is 1.13. The van der Waals surface area contributed by atoms with Crippen LogP contribution in [0.5, 0.6) is 0 Å². The molecule has 0 aliphatic rings. The predicted molar refractivity (Wildman–Crippen MR) is 27.1 cm³/mol. The molecular formula is C2H6BBr. The van der Waals surface area contributed by atoms with Gasteiger partial charge in [0.1, 0.15) is 7.85 Å². The molecule has 0 saturated heterocycles. The quantitative estimate of drug-likeness (QED) is 0.348. The monoisotopic (exact) mass is 120 g/mol. The third kappa shape index (κ3) is 2.54. The van der Waals surface area contributed by atoms with Crippen molar-refractivity contribution in [3.05, 3.63) is 0 Å². The van der Waals surface area contributed by atoms with E-state index in [1.807, 2.05) is 0 Å². The Morgan fingerprint density at radius 3 is 2.00 bits per heavy atom. The highest BCUT2D eigenvalue weighted by Gasteiger charge is 1.59. The lowest BCUT2D eigenvalue weighted by Crippen LogP contribution is -1.61. The molecule has 24 valence electrons. The van der Waals surface area contributed by atoms with Gasteiger partial charge in [0.25, 0.3) is 0 Å². The summed E-state index contributed by atoms with van der Waals surface area (Å²) in [5, 5.41) is 1.13. The first-order chi connectivity index (χ1) is 1.91. The van der Waals surface area contributed by atoms with Gasteiger partial charge in [-0.3, -0.25) is 0 Å². The third-order valence-electron chi connectivity index (χ3n) is 0.189. The van der Waals surface area contributed by atoms with Gasteiger partial charge in [0, 0.05) is 0 Å². The lowest BCUT2D eigenvalue weighted by molar-refractivity contribution is 1.53. The zero-order valence-electron chi connectivity index (χ0n) is 2.79. The third-order valence-corrected chi connectivity index (χ3v) is 0.982. The predicted octanol–water partition coefficient (Wildman–Crippen LogP) is 0.433. The molecule has 0 unspecified atom stereocenters. The number of halogens is 1. The van der Waals surface area contributed by atoms with Crippen molar-refractivity contribution in [1.82, 2.24) is 0 Å². The molecule has 4 heavy (non-hydrogen) atoms. The highest BCUT2D eigenvalue weighted by Crippen LogP contribution is 1.78. The van der Waals surface area contributed by atoms with Crippen molar-refractivity contribution in [3.63, 3.8) is 0 Å². The van der Waals surface area contributed by atoms with Crippen LogP contribution in [0.3, 0.4) is 0 Å². The highest BCUT2D eigenvalue weighted by molar-refractivity contribution is 9.09. The lowest BCUT2D eigenvalue weighted by atomic mass is 10.1. The molecule has 0 heterocycles. The van der Waals surface area contributed by atoms with Crippen LogP contribution in [0.15, 0.2) is 0 Å². The molecule has 0 aromatic heterocycles. The van der Waals surface area contributed by atoms with E-state index in [0.29, 0.717) is 0 Å². The van der Waals surface area contributed by atoms with Crippen molar-refractivity contribution in [1.29, 1.82) is 0 Å². The molecule has 0 rings (SSSR count). The summed E-state index contributed by atoms with van der Waals surface area (Å²) in [4.78, 5) is 0. The Balaban J connectivity index is 1.97. The topological polar surface area (TPSA) is 0 Å². The minimum absolute atomic E-state index is 1.13. The normalized spacial score (nSPS) is 7.25. The molecule has 0 N–H and O–H groups in total. The van der Waals surface area contributed by atoms with Crippen LogP contribution in [0.4, 0.5) is 0 Å². The fourth-order valence-electron chi connectivity index (χ4n) is 0. The van der Waals surface area contributed by atoms with Gasteiger partial charge in [0.05, 0.1) is 0 Å². The molecule has 0 fully saturated rings. The molecule has 0 aliphatic heterocycles. The second-order valence-electron chi connectivity index (χ2n) is 0.689. The van der Waals surface area contributed by atoms with Gasteiger partial charge in [-0.25, -0.2) is 0 Å². The summed E-state index contributed by atoms with van der Waals surface area (Å²) in [7, 11) is 2.13. The van der Waals surface area contributed by atoms with E-state index in [9.17, 15) is 0 Å². The van der Waals surface area contributed by atoms with Gasteiger partial charge in [-0.05, 0) is 5.33 Å². The van der Waals surface area contributed by atoms with Crippen molar-refractivity contribution in [2.75, 3.05) is 5.33 Å². The van der Waals surface area contributed by atoms with Crippen LogP contribution in [0.25, 0.3) is 0 Å². The first-order valence-corrected chi connectivity index (χ1v) is 2.60. The van der Waals surface area contributed by atoms with Crippen LogP contribution >= 0.6 is 15.9 Å². The van der Waals surface area contributed by atoms with E-state index >= 15 is 0 Å². The summed E-state index contributed by atoms with van der Waals surface area (Å²) in [6.07, 6.45) is 1.24. The summed E-state index contributed by atoms with van der Waals surface area (Å²) in [6, 6.07) is 0. The summed E-state index contributed by atoms with van der Waals surface area (Å²) >= 11 is 3.25. The van der Waals surface area contributed by atoms with E-state index in [1.165, 1.54) is 6.32 Å². The Morgan fingerprint density at radius 2 is 2.00 bits per heavy atom. The van der Waals surface area contributed by atoms with Crippen molar-refractivity contribution in [3.8, 4) is 0 Å². The van der Waals surface area contributed by atoms with E-state index in [1.54, 1.807) is 0 Å². The lowest BCUT2D eigenvalue weighted by Gasteiger charge is -1.65. The number of alkyl halides is 1. The van der Waals surface area contributed by atoms with Crippen molar-refractivity contribution >= 4 is 23.8 Å². The van der Waals surface area contributed by atoms with Gasteiger partial charge < -0.3 is 0 Å². The van der Waals surface area contributed by atoms with Crippen molar-refractivity contribution < 1.29 is 0 Å². The zero-order chi connectivity index (χ0) is 3.41. The first-order valence-electron chi connectivity index (χ1n) is 1.47. The largest absolute Gasteiger partial charge is 0.102 e. The van der Waals surface area contributed by atoms with Gasteiger partial charge in [-0.1, -0.05) is 22.3 Å². The zero-order valence-corrected chi connectivity index (χ0v) is 4.38. The molecule has 2 heteroatoms. The van der Waals surface area contributed by atoms with Crippen LogP contribution in [0.2, 0.25) is 6.32 Å². The Labute approximate surface area is 36.1 Å². The first kappa shape index (κ1) is 4.54. The Bertz CT molecular complexity index is 8.00. The van der Waals surface area contributed by atoms with E-state index in [2.05, 4.69) is 23.8 Å². The fourth-order valence-corrected chi connectivity index (χ4v) is 0. The van der Waals surface area contributed by atoms with Gasteiger partial charge in [-0.2, -0.15) is 0 Å². The number of rotatable bonds is 1. The molecule has 0 aromatic carbocycles. The van der Waals surface area contributed by atoms with E-state index in [4.69, 9.17) is 0 Å². The Hall–Kier alpha value is 0.545. The van der Waals surface area contributed by atoms with Crippen molar-refractivity contribution in [2.45, 2.75) is 6.32 Å². The average Bonchev–Trinajstić information content (AvgIpc) is 1.37. The molecule has 0 radical (unpaired) electrons. The minimum Gasteiger partial charge on any atom is -0.0936 e. The van der Waals surface area contributed by atoms with E-state index in [0.717, 1.165) is 5.33 Å². The Morgan fingerprint density at radius 1 is 1.75 bits per heavy atom. The van der Waals surface area contributed by atoms with Crippen LogP contribution in [-0.4, -0.2) is 13.2 Å². The summed E-state index contributed by atoms with van der Waals surface area (Å²) in [5.74, 6) is 0. The maximum atomic E-state index is 3.25. The van der Waals surface area contributed by atoms with Gasteiger partial charge in [-0.15, -0.1) is 0 Å². The van der Waals surface area contributed by atoms with Crippen molar-refractivity contribution in [2.24, 2.45) is 0 Å². The van der Waals surface area contributed by atoms with Crippen LogP contribution in [0, 0.1) is 0 Å². The highest BCUT2D eigenvalue weighted by atomic mass is 79.9. The second-order valence-corrected chi connectivity index (χ2v) is 1.48. The molecule has 0 saturated carbocycles. The second kappa shape index (κ2) is 3.54. The van der Waals surface area contributed by atoms with Crippen LogP contribution < -0.4 is 0 Å². The molecule has 0 amide bonds. The summed E-state index contributed by atoms with van der Waals surface area (Å²) in [6.45, 7) is 0. The molecule has 0 aromatic rings. The molecule has 0 bridgehead atoms. The smallest absolute Gasteiger partial charge is 0.0936 e. The average molecular weight is 121 g/mol. The molecular weight excluding hydrogens is 115 g/mol. The fraction of sp³-hybridized carbons (Fsp3) is 1.00. The maximum Gasteiger partial charge on any atom is 0.102 e. The standard InChI is InChI=1S/C2H6BBr/c3-1-2-4/h1-3H2. The van der Waals surface area contributed by atoms with E-state index < -0.39 is 0 Å². The SMILES string of the molecule is BCCBr. The summed E-state index contributed by atoms with van der Waals surface area (Å²) in [5.41, 5.74) is 0. The molecule has 0 spiro atoms. The maximum absolute atomic E-state index is 3.25. The Kier molecular flexibility index (Phi) is 4.03. The summed E-state index contributed by atoms with van der Waals surface area (Å²) < 4.78 is 0. The number of hydrogen-bond acceptors (Lipinski definition) is 0. The van der Waals surface area contributed by atoms with Gasteiger partial charge in [0.15, 0.2) is 0 Å². The van der Waals surface area contributed by atoms with Crippen LogP contribution in [-0.2, 0) is 0 Å². The molecule has 0 nitrogen and oxygen atoms in total. The number of hydrogen-bond donors (Lipinski definition) is 0. The van der Waals surface area contributed by atoms with E-state index in [-0.39, 0.29) is 0 Å². The van der Waals surface area contributed by atoms with Gasteiger partial charge >= 0.3 is 0 Å². The van der Waals surface area contributed by atoms with Crippen LogP contribution in [0.1, 0.15) is 0 Å². The molecule has 0 atom stereocenters. The van der Waals surface area contributed by atoms with Gasteiger partial charge in [0.2, 0.25) is 0 Å². The molecule has 0 aliphatic carbocycles.